The molecule has 12 heavy (non-hydrogen) atoms. The van der Waals surface area contributed by atoms with E-state index in [-0.39, 0.29) is 0 Å². The predicted octanol–water partition coefficient (Wildman–Crippen LogP) is 0.788. The third-order valence-corrected chi connectivity index (χ3v) is 4.05. The number of esters is 1. The summed E-state index contributed by atoms with van der Waals surface area (Å²) < 4.78 is 25.6. The molecule has 0 aromatic carbocycles. The zero-order valence-corrected chi connectivity index (χ0v) is 7.87. The molecule has 1 saturated heterocycles. The van der Waals surface area contributed by atoms with Crippen LogP contribution in [-0.4, -0.2) is 32.5 Å². The molecule has 0 aromatic heterocycles. The standard InChI is InChI=1S/C6H11O5P/c1-9-12(8,10-2)5-3-4-11-6(5)7/h5H,3-4H2,1-2H3. The first-order valence-corrected chi connectivity index (χ1v) is 5.13. The predicted molar refractivity (Wildman–Crippen MR) is 41.0 cm³/mol. The molecule has 1 atom stereocenters. The van der Waals surface area contributed by atoms with Gasteiger partial charge in [-0.3, -0.25) is 9.36 Å². The SMILES string of the molecule is COP(=O)(OC)C1CCOC1=O. The second-order valence-corrected chi connectivity index (χ2v) is 4.81. The van der Waals surface area contributed by atoms with Crippen molar-refractivity contribution in [3.8, 4) is 0 Å². The van der Waals surface area contributed by atoms with E-state index in [4.69, 9.17) is 0 Å². The van der Waals surface area contributed by atoms with Gasteiger partial charge >= 0.3 is 13.6 Å². The molecule has 1 heterocycles. The Hall–Kier alpha value is -0.380. The second kappa shape index (κ2) is 3.56. The van der Waals surface area contributed by atoms with E-state index in [9.17, 15) is 9.36 Å². The van der Waals surface area contributed by atoms with Crippen molar-refractivity contribution in [2.45, 2.75) is 12.1 Å². The summed E-state index contributed by atoms with van der Waals surface area (Å²) in [5, 5.41) is 0. The first kappa shape index (κ1) is 9.71. The molecule has 0 radical (unpaired) electrons. The maximum absolute atomic E-state index is 11.6. The number of ether oxygens (including phenoxy) is 1. The lowest BCUT2D eigenvalue weighted by Crippen LogP contribution is -2.16. The normalized spacial score (nSPS) is 24.2. The van der Waals surface area contributed by atoms with Crippen LogP contribution in [0.3, 0.4) is 0 Å². The molecule has 0 aromatic rings. The molecule has 1 unspecified atom stereocenters. The van der Waals surface area contributed by atoms with Gasteiger partial charge in [-0.25, -0.2) is 0 Å². The molecule has 0 spiro atoms. The third kappa shape index (κ3) is 1.53. The molecule has 0 N–H and O–H groups in total. The van der Waals surface area contributed by atoms with E-state index < -0.39 is 19.2 Å². The second-order valence-electron chi connectivity index (χ2n) is 2.38. The van der Waals surface area contributed by atoms with Crippen LogP contribution < -0.4 is 0 Å². The van der Waals surface area contributed by atoms with Crippen LogP contribution in [0, 0.1) is 0 Å². The summed E-state index contributed by atoms with van der Waals surface area (Å²) >= 11 is 0. The van der Waals surface area contributed by atoms with Crippen molar-refractivity contribution in [1.29, 1.82) is 0 Å². The van der Waals surface area contributed by atoms with E-state index >= 15 is 0 Å². The fourth-order valence-corrected chi connectivity index (χ4v) is 2.51. The van der Waals surface area contributed by atoms with Gasteiger partial charge in [-0.1, -0.05) is 0 Å². The van der Waals surface area contributed by atoms with E-state index in [2.05, 4.69) is 13.8 Å². The molecule has 5 nitrogen and oxygen atoms in total. The number of carbonyl (C=O) groups excluding carboxylic acids is 1. The minimum atomic E-state index is -3.26. The Kier molecular flexibility index (Phi) is 2.88. The number of cyclic esters (lactones) is 1. The van der Waals surface area contributed by atoms with Gasteiger partial charge in [-0.2, -0.15) is 0 Å². The first-order valence-electron chi connectivity index (χ1n) is 3.52. The van der Waals surface area contributed by atoms with Gasteiger partial charge in [0.1, 0.15) is 0 Å². The number of hydrogen-bond donors (Lipinski definition) is 0. The zero-order valence-electron chi connectivity index (χ0n) is 6.98. The molecular weight excluding hydrogens is 183 g/mol. The molecule has 70 valence electrons. The Morgan fingerprint density at radius 2 is 2.08 bits per heavy atom. The lowest BCUT2D eigenvalue weighted by molar-refractivity contribution is -0.137. The maximum Gasteiger partial charge on any atom is 0.344 e. The fraction of sp³-hybridized carbons (Fsp3) is 0.833. The molecule has 1 rings (SSSR count). The zero-order chi connectivity index (χ0) is 9.19. The third-order valence-electron chi connectivity index (χ3n) is 1.80. The van der Waals surface area contributed by atoms with Crippen LogP contribution >= 0.6 is 7.60 Å². The summed E-state index contributed by atoms with van der Waals surface area (Å²) in [6.45, 7) is 0.292. The highest BCUT2D eigenvalue weighted by atomic mass is 31.2. The summed E-state index contributed by atoms with van der Waals surface area (Å²) in [5.74, 6) is -0.498. The smallest absolute Gasteiger partial charge is 0.344 e. The van der Waals surface area contributed by atoms with Gasteiger partial charge in [0.15, 0.2) is 5.66 Å². The average molecular weight is 194 g/mol. The molecule has 1 fully saturated rings. The number of hydrogen-bond acceptors (Lipinski definition) is 5. The van der Waals surface area contributed by atoms with Gasteiger partial charge in [0.05, 0.1) is 6.61 Å². The van der Waals surface area contributed by atoms with Crippen LogP contribution in [0.5, 0.6) is 0 Å². The summed E-state index contributed by atoms with van der Waals surface area (Å²) in [6.07, 6.45) is 0.401. The quantitative estimate of drug-likeness (QED) is 0.491. The Balaban J connectivity index is 2.79. The Morgan fingerprint density at radius 1 is 1.50 bits per heavy atom. The minimum Gasteiger partial charge on any atom is -0.465 e. The molecule has 0 amide bonds. The van der Waals surface area contributed by atoms with Gasteiger partial charge in [-0.15, -0.1) is 0 Å². The van der Waals surface area contributed by atoms with Crippen molar-refractivity contribution in [2.24, 2.45) is 0 Å². The molecule has 0 saturated carbocycles. The summed E-state index contributed by atoms with van der Waals surface area (Å²) in [6, 6.07) is 0. The minimum absolute atomic E-state index is 0.292. The van der Waals surface area contributed by atoms with Crippen LogP contribution in [0.15, 0.2) is 0 Å². The van der Waals surface area contributed by atoms with Gasteiger partial charge in [0.25, 0.3) is 0 Å². The van der Waals surface area contributed by atoms with Gasteiger partial charge in [-0.05, 0) is 0 Å². The average Bonchev–Trinajstić information content (AvgIpc) is 2.51. The highest BCUT2D eigenvalue weighted by Gasteiger charge is 2.44. The molecule has 1 aliphatic heterocycles. The molecule has 6 heteroatoms. The van der Waals surface area contributed by atoms with Crippen molar-refractivity contribution < 1.29 is 23.1 Å². The van der Waals surface area contributed by atoms with E-state index in [1.165, 1.54) is 14.2 Å². The largest absolute Gasteiger partial charge is 0.465 e. The van der Waals surface area contributed by atoms with Crippen molar-refractivity contribution >= 4 is 13.6 Å². The number of rotatable bonds is 3. The van der Waals surface area contributed by atoms with E-state index in [0.29, 0.717) is 13.0 Å². The topological polar surface area (TPSA) is 61.8 Å². The highest BCUT2D eigenvalue weighted by Crippen LogP contribution is 2.54. The Morgan fingerprint density at radius 3 is 2.42 bits per heavy atom. The van der Waals surface area contributed by atoms with E-state index in [0.717, 1.165) is 0 Å². The van der Waals surface area contributed by atoms with Crippen molar-refractivity contribution in [3.05, 3.63) is 0 Å². The number of carbonyl (C=O) groups is 1. The lowest BCUT2D eigenvalue weighted by atomic mass is 10.4. The van der Waals surface area contributed by atoms with Crippen LogP contribution in [-0.2, 0) is 23.1 Å². The van der Waals surface area contributed by atoms with Gasteiger partial charge < -0.3 is 13.8 Å². The molecular formula is C6H11O5P. The highest BCUT2D eigenvalue weighted by molar-refractivity contribution is 7.55. The van der Waals surface area contributed by atoms with E-state index in [1.807, 2.05) is 0 Å². The van der Waals surface area contributed by atoms with Crippen LogP contribution in [0.2, 0.25) is 0 Å². The van der Waals surface area contributed by atoms with E-state index in [1.54, 1.807) is 0 Å². The van der Waals surface area contributed by atoms with Crippen molar-refractivity contribution in [1.82, 2.24) is 0 Å². The first-order chi connectivity index (χ1) is 5.64. The fourth-order valence-electron chi connectivity index (χ4n) is 1.10. The molecule has 0 bridgehead atoms. The van der Waals surface area contributed by atoms with Crippen LogP contribution in [0.1, 0.15) is 6.42 Å². The van der Waals surface area contributed by atoms with Crippen molar-refractivity contribution in [3.63, 3.8) is 0 Å². The van der Waals surface area contributed by atoms with Gasteiger partial charge in [0.2, 0.25) is 0 Å². The molecule has 1 aliphatic rings. The summed E-state index contributed by atoms with van der Waals surface area (Å²) in [7, 11) is -0.740. The Labute approximate surface area is 70.5 Å². The molecule has 0 aliphatic carbocycles. The Bertz CT molecular complexity index is 218. The monoisotopic (exact) mass is 194 g/mol. The lowest BCUT2D eigenvalue weighted by Gasteiger charge is -2.16. The van der Waals surface area contributed by atoms with Crippen LogP contribution in [0.4, 0.5) is 0 Å². The summed E-state index contributed by atoms with van der Waals surface area (Å²) in [4.78, 5) is 11.0. The van der Waals surface area contributed by atoms with Crippen molar-refractivity contribution in [2.75, 3.05) is 20.8 Å². The van der Waals surface area contributed by atoms with Crippen LogP contribution in [0.25, 0.3) is 0 Å². The van der Waals surface area contributed by atoms with Gasteiger partial charge in [0, 0.05) is 20.6 Å². The maximum atomic E-state index is 11.6. The summed E-state index contributed by atoms with van der Waals surface area (Å²) in [5.41, 5.74) is -0.743.